The molecule has 0 fully saturated rings. The van der Waals surface area contributed by atoms with Gasteiger partial charge in [-0.05, 0) is 30.5 Å². The van der Waals surface area contributed by atoms with Crippen LogP contribution in [0.25, 0.3) is 0 Å². The molecule has 0 aliphatic carbocycles. The van der Waals surface area contributed by atoms with Gasteiger partial charge < -0.3 is 4.90 Å². The monoisotopic (exact) mass is 215 g/mol. The van der Waals surface area contributed by atoms with Crippen molar-refractivity contribution in [2.24, 2.45) is 0 Å². The summed E-state index contributed by atoms with van der Waals surface area (Å²) in [4.78, 5) is 14.1. The molecule has 1 aliphatic heterocycles. The van der Waals surface area contributed by atoms with Crippen LogP contribution in [0, 0.1) is 0 Å². The zero-order chi connectivity index (χ0) is 11.4. The molecule has 0 radical (unpaired) electrons. The highest BCUT2D eigenvalue weighted by Crippen LogP contribution is 2.11. The van der Waals surface area contributed by atoms with Crippen molar-refractivity contribution in [3.8, 4) is 0 Å². The molecule has 0 atom stereocenters. The molecule has 1 amide bonds. The third kappa shape index (κ3) is 2.32. The molecule has 0 saturated heterocycles. The molecule has 1 aromatic carbocycles. The Labute approximate surface area is 96.6 Å². The fourth-order valence-electron chi connectivity index (χ4n) is 1.93. The van der Waals surface area contributed by atoms with Gasteiger partial charge in [-0.1, -0.05) is 31.2 Å². The number of carbonyl (C=O) groups is 1. The number of hydrogen-bond acceptors (Lipinski definition) is 1. The van der Waals surface area contributed by atoms with Crippen molar-refractivity contribution in [3.63, 3.8) is 0 Å². The minimum absolute atomic E-state index is 0.152. The van der Waals surface area contributed by atoms with Crippen molar-refractivity contribution in [1.82, 2.24) is 4.90 Å². The second-order valence-electron chi connectivity index (χ2n) is 4.07. The van der Waals surface area contributed by atoms with E-state index < -0.39 is 0 Å². The van der Waals surface area contributed by atoms with Gasteiger partial charge in [-0.25, -0.2) is 0 Å². The van der Waals surface area contributed by atoms with E-state index in [2.05, 4.69) is 25.1 Å². The number of nitrogens with zero attached hydrogens (tertiary/aromatic N) is 1. The van der Waals surface area contributed by atoms with Crippen molar-refractivity contribution < 1.29 is 4.79 Å². The average Bonchev–Trinajstić information content (AvgIpc) is 2.39. The van der Waals surface area contributed by atoms with E-state index in [4.69, 9.17) is 0 Å². The summed E-state index contributed by atoms with van der Waals surface area (Å²) in [6.45, 7) is 3.69. The lowest BCUT2D eigenvalue weighted by Crippen LogP contribution is -2.33. The van der Waals surface area contributed by atoms with Gasteiger partial charge in [0, 0.05) is 18.7 Å². The topological polar surface area (TPSA) is 20.3 Å². The molecule has 0 unspecified atom stereocenters. The smallest absolute Gasteiger partial charge is 0.254 e. The molecular formula is C14H17NO. The Hall–Kier alpha value is -1.57. The van der Waals surface area contributed by atoms with Crippen LogP contribution in [0.3, 0.4) is 0 Å². The fraction of sp³-hybridized carbons (Fsp3) is 0.357. The number of aryl methyl sites for hydroxylation is 1. The summed E-state index contributed by atoms with van der Waals surface area (Å²) in [5, 5.41) is 0. The maximum Gasteiger partial charge on any atom is 0.254 e. The summed E-state index contributed by atoms with van der Waals surface area (Å²) in [7, 11) is 0. The first kappa shape index (κ1) is 10.9. The number of carbonyl (C=O) groups excluding carboxylic acids is 1. The molecule has 2 nitrogen and oxygen atoms in total. The summed E-state index contributed by atoms with van der Waals surface area (Å²) < 4.78 is 0. The predicted molar refractivity (Wildman–Crippen MR) is 65.5 cm³/mol. The highest BCUT2D eigenvalue weighted by atomic mass is 16.2. The SMILES string of the molecule is CCc1cccc(C(=O)N2CC=CCC2)c1. The van der Waals surface area contributed by atoms with E-state index >= 15 is 0 Å². The van der Waals surface area contributed by atoms with E-state index in [9.17, 15) is 4.79 Å². The second kappa shape index (κ2) is 4.97. The average molecular weight is 215 g/mol. The van der Waals surface area contributed by atoms with E-state index in [-0.39, 0.29) is 5.91 Å². The predicted octanol–water partition coefficient (Wildman–Crippen LogP) is 2.65. The van der Waals surface area contributed by atoms with Gasteiger partial charge in [0.1, 0.15) is 0 Å². The highest BCUT2D eigenvalue weighted by Gasteiger charge is 2.15. The van der Waals surface area contributed by atoms with Crippen LogP contribution in [0.5, 0.6) is 0 Å². The van der Waals surface area contributed by atoms with Crippen LogP contribution in [-0.2, 0) is 6.42 Å². The zero-order valence-corrected chi connectivity index (χ0v) is 9.65. The van der Waals surface area contributed by atoms with Gasteiger partial charge in [-0.3, -0.25) is 4.79 Å². The molecule has 0 bridgehead atoms. The minimum Gasteiger partial charge on any atom is -0.335 e. The van der Waals surface area contributed by atoms with Crippen LogP contribution in [0.4, 0.5) is 0 Å². The normalized spacial score (nSPS) is 15.2. The molecule has 0 spiro atoms. The second-order valence-corrected chi connectivity index (χ2v) is 4.07. The molecule has 2 heteroatoms. The lowest BCUT2D eigenvalue weighted by Gasteiger charge is -2.23. The van der Waals surface area contributed by atoms with Crippen LogP contribution in [0.15, 0.2) is 36.4 Å². The van der Waals surface area contributed by atoms with Crippen molar-refractivity contribution >= 4 is 5.91 Å². The van der Waals surface area contributed by atoms with Crippen molar-refractivity contribution in [3.05, 3.63) is 47.5 Å². The molecule has 0 saturated carbocycles. The van der Waals surface area contributed by atoms with Gasteiger partial charge in [0.05, 0.1) is 0 Å². The fourth-order valence-corrected chi connectivity index (χ4v) is 1.93. The first-order valence-corrected chi connectivity index (χ1v) is 5.84. The number of benzene rings is 1. The third-order valence-corrected chi connectivity index (χ3v) is 2.93. The van der Waals surface area contributed by atoms with E-state index in [0.717, 1.165) is 31.5 Å². The Morgan fingerprint density at radius 1 is 1.38 bits per heavy atom. The van der Waals surface area contributed by atoms with Crippen LogP contribution >= 0.6 is 0 Å². The lowest BCUT2D eigenvalue weighted by atomic mass is 10.1. The lowest BCUT2D eigenvalue weighted by molar-refractivity contribution is 0.0771. The van der Waals surface area contributed by atoms with E-state index in [1.54, 1.807) is 0 Å². The zero-order valence-electron chi connectivity index (χ0n) is 9.65. The minimum atomic E-state index is 0.152. The summed E-state index contributed by atoms with van der Waals surface area (Å²) in [5.41, 5.74) is 2.04. The van der Waals surface area contributed by atoms with Crippen molar-refractivity contribution in [2.45, 2.75) is 19.8 Å². The molecular weight excluding hydrogens is 198 g/mol. The van der Waals surface area contributed by atoms with Crippen molar-refractivity contribution in [2.75, 3.05) is 13.1 Å². The summed E-state index contributed by atoms with van der Waals surface area (Å²) >= 11 is 0. The molecule has 2 rings (SSSR count). The highest BCUT2D eigenvalue weighted by molar-refractivity contribution is 5.94. The Balaban J connectivity index is 2.16. The van der Waals surface area contributed by atoms with Crippen LogP contribution in [-0.4, -0.2) is 23.9 Å². The molecule has 0 N–H and O–H groups in total. The first-order chi connectivity index (χ1) is 7.81. The van der Waals surface area contributed by atoms with E-state index in [1.807, 2.05) is 23.1 Å². The maximum absolute atomic E-state index is 12.2. The molecule has 1 heterocycles. The van der Waals surface area contributed by atoms with E-state index in [0.29, 0.717) is 0 Å². The quantitative estimate of drug-likeness (QED) is 0.694. The Morgan fingerprint density at radius 3 is 2.94 bits per heavy atom. The molecule has 16 heavy (non-hydrogen) atoms. The van der Waals surface area contributed by atoms with Gasteiger partial charge in [0.15, 0.2) is 0 Å². The van der Waals surface area contributed by atoms with Crippen molar-refractivity contribution in [1.29, 1.82) is 0 Å². The molecule has 1 aromatic rings. The van der Waals surface area contributed by atoms with Crippen LogP contribution in [0.1, 0.15) is 29.3 Å². The Kier molecular flexibility index (Phi) is 3.40. The van der Waals surface area contributed by atoms with Gasteiger partial charge in [0.25, 0.3) is 5.91 Å². The van der Waals surface area contributed by atoms with Gasteiger partial charge in [-0.2, -0.15) is 0 Å². The number of amides is 1. The Morgan fingerprint density at radius 2 is 2.25 bits per heavy atom. The third-order valence-electron chi connectivity index (χ3n) is 2.93. The van der Waals surface area contributed by atoms with Gasteiger partial charge in [0.2, 0.25) is 0 Å². The largest absolute Gasteiger partial charge is 0.335 e. The summed E-state index contributed by atoms with van der Waals surface area (Å²) in [6.07, 6.45) is 6.14. The number of hydrogen-bond donors (Lipinski definition) is 0. The summed E-state index contributed by atoms with van der Waals surface area (Å²) in [6, 6.07) is 7.93. The van der Waals surface area contributed by atoms with Gasteiger partial charge >= 0.3 is 0 Å². The first-order valence-electron chi connectivity index (χ1n) is 5.84. The standard InChI is InChI=1S/C14H17NO/c1-2-12-7-6-8-13(11-12)14(16)15-9-4-3-5-10-15/h3-4,6-8,11H,2,5,9-10H2,1H3. The number of rotatable bonds is 2. The Bertz CT molecular complexity index is 409. The molecule has 0 aromatic heterocycles. The maximum atomic E-state index is 12.2. The van der Waals surface area contributed by atoms with Gasteiger partial charge in [-0.15, -0.1) is 0 Å². The van der Waals surface area contributed by atoms with Crippen LogP contribution in [0.2, 0.25) is 0 Å². The molecule has 1 aliphatic rings. The van der Waals surface area contributed by atoms with E-state index in [1.165, 1.54) is 5.56 Å². The molecule has 84 valence electrons. The summed E-state index contributed by atoms with van der Waals surface area (Å²) in [5.74, 6) is 0.152. The van der Waals surface area contributed by atoms with Crippen LogP contribution < -0.4 is 0 Å².